The number of ether oxygens (including phenoxy) is 7. The number of aliphatic carboxylic acids is 3. The van der Waals surface area contributed by atoms with Crippen LogP contribution in [0.2, 0.25) is 0 Å². The van der Waals surface area contributed by atoms with Gasteiger partial charge in [-0.2, -0.15) is 0 Å². The number of aryl methyl sites for hydroxylation is 2. The van der Waals surface area contributed by atoms with E-state index in [4.69, 9.17) is 58.4 Å². The van der Waals surface area contributed by atoms with E-state index in [-0.39, 0.29) is 86.1 Å². The third-order valence-electron chi connectivity index (χ3n) is 16.3. The smallest absolute Gasteiger partial charge is 0.481 e. The van der Waals surface area contributed by atoms with Crippen LogP contribution in [0.4, 0.5) is 9.59 Å². The van der Waals surface area contributed by atoms with Gasteiger partial charge in [-0.05, 0) is 153 Å². The van der Waals surface area contributed by atoms with E-state index >= 15 is 0 Å². The number of aliphatic hydroxyl groups is 1. The number of cyclic esters (lactones) is 2. The van der Waals surface area contributed by atoms with Gasteiger partial charge in [0.1, 0.15) is 35.9 Å². The van der Waals surface area contributed by atoms with Gasteiger partial charge in [-0.15, -0.1) is 0 Å². The maximum atomic E-state index is 14.0. The van der Waals surface area contributed by atoms with Gasteiger partial charge >= 0.3 is 48.1 Å². The molecule has 2 atom stereocenters. The van der Waals surface area contributed by atoms with Crippen LogP contribution < -0.4 is 20.6 Å². The van der Waals surface area contributed by atoms with E-state index < -0.39 is 70.5 Å². The standard InChI is InChI=1S/C35H40N2O10S2.C27H28N2O7.C8H14O4S2/c1-6-21-22-16-20(45-33(43)47-34(3,4)5)12-13-26(22)36-30-23(21)18-37-27(30)17-25-24(31(37)41)19-44-32(42)35(25,7-2)46-29(40)11-9-15-49-48-14-8-10-28(38)39;1-6-15-16-10-14(35-25(32)36-26(3,4)5)8-9-20(16)28-22-17(15)12-29-21(22)11-19-18(23(29)30)13-34-24(31)27(19,33)7-2;9-7(10)3-1-5-13-14-6-2-4-8(11)12/h12-13,16-17H,6-11,14-15,18-19H2,1-5H3,(H,38,39);8-11,33H,6-7,12-13H2,1-5H3;1-6H2,(H,9,10)(H,11,12)/t35-;27-;/m00./s1. The lowest BCUT2D eigenvalue weighted by atomic mass is 9.85. The lowest BCUT2D eigenvalue weighted by Gasteiger charge is -2.35. The molecule has 0 saturated heterocycles. The van der Waals surface area contributed by atoms with Gasteiger partial charge in [0.25, 0.3) is 11.1 Å². The summed E-state index contributed by atoms with van der Waals surface area (Å²) in [6.45, 7) is 18.1. The molecule has 532 valence electrons. The number of fused-ring (bicyclic) bond motifs is 10. The van der Waals surface area contributed by atoms with Gasteiger partial charge < -0.3 is 62.7 Å². The fourth-order valence-corrected chi connectivity index (χ4v) is 16.1. The lowest BCUT2D eigenvalue weighted by Crippen LogP contribution is -2.47. The maximum absolute atomic E-state index is 14.0. The monoisotopic (exact) mass is 1440 g/mol. The molecule has 29 heteroatoms. The molecule has 0 fully saturated rings. The second-order valence-corrected chi connectivity index (χ2v) is 31.0. The topological polar surface area (TPSA) is 352 Å². The highest BCUT2D eigenvalue weighted by molar-refractivity contribution is 8.77. The molecule has 0 bridgehead atoms. The van der Waals surface area contributed by atoms with Crippen molar-refractivity contribution in [3.8, 4) is 34.3 Å². The van der Waals surface area contributed by atoms with E-state index in [1.807, 2.05) is 13.8 Å². The van der Waals surface area contributed by atoms with E-state index in [1.54, 1.807) is 156 Å². The molecule has 0 unspecified atom stereocenters. The zero-order chi connectivity index (χ0) is 72.3. The Morgan fingerprint density at radius 2 is 0.929 bits per heavy atom. The van der Waals surface area contributed by atoms with Crippen LogP contribution in [-0.2, 0) is 103 Å². The highest BCUT2D eigenvalue weighted by Gasteiger charge is 2.51. The summed E-state index contributed by atoms with van der Waals surface area (Å²) in [5.74, 6) is -0.803. The molecule has 0 radical (unpaired) electrons. The number of nitrogens with zero attached hydrogens (tertiary/aromatic N) is 4. The number of carbonyl (C=O) groups excluding carboxylic acids is 5. The summed E-state index contributed by atoms with van der Waals surface area (Å²) in [4.78, 5) is 131. The van der Waals surface area contributed by atoms with Crippen molar-refractivity contribution in [3.63, 3.8) is 0 Å². The number of rotatable bonds is 25. The number of hydrogen-bond donors (Lipinski definition) is 4. The molecule has 4 aliphatic rings. The van der Waals surface area contributed by atoms with E-state index in [0.717, 1.165) is 44.5 Å². The quantitative estimate of drug-likeness (QED) is 0.0136. The van der Waals surface area contributed by atoms with Gasteiger partial charge in [-0.3, -0.25) is 28.8 Å². The molecule has 6 aromatic rings. The first kappa shape index (κ1) is 76.6. The number of pyridine rings is 4. The molecule has 0 spiro atoms. The van der Waals surface area contributed by atoms with Crippen LogP contribution >= 0.6 is 43.2 Å². The van der Waals surface area contributed by atoms with Gasteiger partial charge in [0.15, 0.2) is 5.60 Å². The van der Waals surface area contributed by atoms with Crippen molar-refractivity contribution in [2.24, 2.45) is 0 Å². The zero-order valence-corrected chi connectivity index (χ0v) is 60.2. The van der Waals surface area contributed by atoms with Gasteiger partial charge in [0.2, 0.25) is 5.60 Å². The summed E-state index contributed by atoms with van der Waals surface area (Å²) in [6.07, 6.45) is 2.82. The Kier molecular flexibility index (Phi) is 25.5. The SMILES string of the molecule is CCc1c2c(nc3ccc(OC(=O)OC(C)(C)C)cc13)-c1cc3c(c(=O)n1C2)COC(=O)[C@@]3(CC)OC(=O)CCCSSCCCC(=O)O.CCc1c2c(nc3ccc(OC(=O)OC(C)(C)C)cc13)-c1cc3c(c(=O)n1C2)COC(=O)[C@]3(O)CC.O=C(O)CCCSSCCCC(=O)O. The zero-order valence-electron chi connectivity index (χ0n) is 56.9. The molecule has 10 rings (SSSR count). The molecule has 0 aliphatic carbocycles. The summed E-state index contributed by atoms with van der Waals surface area (Å²) in [5, 5.41) is 38.1. The second kappa shape index (κ2) is 32.9. The first-order chi connectivity index (χ1) is 46.9. The number of carboxylic acids is 3. The van der Waals surface area contributed by atoms with Crippen LogP contribution in [0, 0.1) is 0 Å². The Bertz CT molecular complexity index is 4230. The summed E-state index contributed by atoms with van der Waals surface area (Å²) >= 11 is 0. The van der Waals surface area contributed by atoms with Gasteiger partial charge in [-0.25, -0.2) is 29.1 Å². The van der Waals surface area contributed by atoms with Crippen molar-refractivity contribution in [2.75, 3.05) is 23.0 Å². The number of aromatic nitrogens is 4. The second-order valence-electron chi connectivity index (χ2n) is 25.6. The highest BCUT2D eigenvalue weighted by atomic mass is 33.1. The summed E-state index contributed by atoms with van der Waals surface area (Å²) in [6, 6.07) is 13.7. The number of carbonyl (C=O) groups is 8. The largest absolute Gasteiger partial charge is 0.514 e. The third kappa shape index (κ3) is 18.3. The van der Waals surface area contributed by atoms with E-state index in [9.17, 15) is 53.1 Å². The minimum absolute atomic E-state index is 0.0623. The molecule has 4 aliphatic heterocycles. The van der Waals surface area contributed by atoms with Crippen molar-refractivity contribution in [1.82, 2.24) is 19.1 Å². The molecule has 4 N–H and O–H groups in total. The molecular weight excluding hydrogens is 1360 g/mol. The molecule has 0 saturated carbocycles. The number of carboxylic acid groups (broad SMARTS) is 3. The first-order valence-electron chi connectivity index (χ1n) is 32.6. The van der Waals surface area contributed by atoms with Crippen LogP contribution in [0.25, 0.3) is 44.6 Å². The summed E-state index contributed by atoms with van der Waals surface area (Å²) in [7, 11) is 6.32. The summed E-state index contributed by atoms with van der Waals surface area (Å²) < 4.78 is 41.1. The van der Waals surface area contributed by atoms with Crippen LogP contribution in [0.15, 0.2) is 58.1 Å². The molecule has 4 aromatic heterocycles. The Morgan fingerprint density at radius 1 is 0.535 bits per heavy atom. The van der Waals surface area contributed by atoms with Crippen molar-refractivity contribution in [3.05, 3.63) is 114 Å². The van der Waals surface area contributed by atoms with E-state index in [1.165, 1.54) is 0 Å². The summed E-state index contributed by atoms with van der Waals surface area (Å²) in [5.41, 5.74) is 2.70. The van der Waals surface area contributed by atoms with Crippen LogP contribution in [0.3, 0.4) is 0 Å². The highest BCUT2D eigenvalue weighted by Crippen LogP contribution is 2.45. The van der Waals surface area contributed by atoms with Crippen molar-refractivity contribution in [2.45, 2.75) is 195 Å². The van der Waals surface area contributed by atoms with Gasteiger partial charge in [0.05, 0.1) is 58.0 Å². The van der Waals surface area contributed by atoms with Gasteiger partial charge in [-0.1, -0.05) is 70.9 Å². The third-order valence-corrected chi connectivity index (χ3v) is 21.5. The Hall–Kier alpha value is -8.12. The molecule has 8 heterocycles. The Morgan fingerprint density at radius 3 is 1.31 bits per heavy atom. The number of hydrogen-bond acceptors (Lipinski definition) is 24. The van der Waals surface area contributed by atoms with Crippen molar-refractivity contribution >= 4 is 113 Å². The lowest BCUT2D eigenvalue weighted by molar-refractivity contribution is -0.189. The van der Waals surface area contributed by atoms with Crippen LogP contribution in [0.5, 0.6) is 11.5 Å². The number of benzene rings is 2. The van der Waals surface area contributed by atoms with Crippen molar-refractivity contribution in [1.29, 1.82) is 0 Å². The fourth-order valence-electron chi connectivity index (χ4n) is 11.7. The van der Waals surface area contributed by atoms with Crippen LogP contribution in [0.1, 0.15) is 178 Å². The maximum Gasteiger partial charge on any atom is 0.514 e. The van der Waals surface area contributed by atoms with Crippen LogP contribution in [-0.4, -0.2) is 122 Å². The Balaban J connectivity index is 0.000000218. The minimum atomic E-state index is -1.87. The average Bonchev–Trinajstić information content (AvgIpc) is 1.71. The molecule has 25 nitrogen and oxygen atoms in total. The number of esters is 3. The average molecular weight is 1440 g/mol. The normalized spacial score (nSPS) is 16.2. The molecular formula is C70H82N4O21S4. The predicted octanol–water partition coefficient (Wildman–Crippen LogP) is 12.6. The van der Waals surface area contributed by atoms with Crippen molar-refractivity contribution < 1.29 is 91.9 Å². The molecule has 2 aromatic carbocycles. The first-order valence-corrected chi connectivity index (χ1v) is 37.5. The molecule has 99 heavy (non-hydrogen) atoms. The fraction of sp³-hybridized carbons (Fsp3) is 0.486. The molecule has 0 amide bonds. The predicted molar refractivity (Wildman–Crippen MR) is 375 cm³/mol. The minimum Gasteiger partial charge on any atom is -0.481 e. The van der Waals surface area contributed by atoms with Gasteiger partial charge in [0, 0.05) is 81.7 Å². The van der Waals surface area contributed by atoms with E-state index in [2.05, 4.69) is 0 Å². The Labute approximate surface area is 586 Å². The van der Waals surface area contributed by atoms with E-state index in [0.29, 0.717) is 107 Å².